The zero-order chi connectivity index (χ0) is 32.9. The van der Waals surface area contributed by atoms with Crippen molar-refractivity contribution in [2.75, 3.05) is 0 Å². The van der Waals surface area contributed by atoms with E-state index in [0.717, 1.165) is 50.6 Å². The van der Waals surface area contributed by atoms with Crippen molar-refractivity contribution in [2.45, 2.75) is 81.3 Å². The number of carbonyl (C=O) groups is 1. The van der Waals surface area contributed by atoms with E-state index in [9.17, 15) is 4.79 Å². The molecule has 7 heteroatoms. The Morgan fingerprint density at radius 3 is 1.64 bits per heavy atom. The number of aromatic nitrogens is 4. The average Bonchev–Trinajstić information content (AvgIpc) is 3.63. The Labute approximate surface area is 267 Å². The van der Waals surface area contributed by atoms with E-state index in [1.165, 1.54) is 10.8 Å². The fourth-order valence-electron chi connectivity index (χ4n) is 5.25. The molecule has 5 rings (SSSR count). The van der Waals surface area contributed by atoms with E-state index >= 15 is 0 Å². The molecule has 45 heavy (non-hydrogen) atoms. The number of aromatic amines is 2. The Kier molecular flexibility index (Phi) is 8.19. The first kappa shape index (κ1) is 32.0. The van der Waals surface area contributed by atoms with Crippen molar-refractivity contribution in [2.24, 2.45) is 16.2 Å². The van der Waals surface area contributed by atoms with Crippen LogP contribution in [0, 0.1) is 16.2 Å². The van der Waals surface area contributed by atoms with Gasteiger partial charge in [-0.2, -0.15) is 0 Å². The number of rotatable bonds is 7. The summed E-state index contributed by atoms with van der Waals surface area (Å²) in [4.78, 5) is 29.2. The van der Waals surface area contributed by atoms with Gasteiger partial charge in [-0.15, -0.1) is 0 Å². The lowest BCUT2D eigenvalue weighted by Crippen LogP contribution is -2.42. The molecule has 0 saturated carbocycles. The molecule has 0 spiro atoms. The first-order valence-corrected chi connectivity index (χ1v) is 15.8. The van der Waals surface area contributed by atoms with Gasteiger partial charge in [-0.1, -0.05) is 93.2 Å². The van der Waals surface area contributed by atoms with Gasteiger partial charge in [-0.05, 0) is 58.1 Å². The van der Waals surface area contributed by atoms with E-state index < -0.39 is 5.41 Å². The summed E-state index contributed by atoms with van der Waals surface area (Å²) in [6, 6.07) is 17.2. The highest BCUT2D eigenvalue weighted by molar-refractivity contribution is 6.00. The second-order valence-electron chi connectivity index (χ2n) is 15.5. The summed E-state index contributed by atoms with van der Waals surface area (Å²) in [5.74, 6) is 1.64. The van der Waals surface area contributed by atoms with Crippen LogP contribution in [0.4, 0.5) is 0 Å². The van der Waals surface area contributed by atoms with Gasteiger partial charge in [0.15, 0.2) is 0 Å². The smallest absolute Gasteiger partial charge is 0.225 e. The van der Waals surface area contributed by atoms with E-state index in [1.807, 2.05) is 33.2 Å². The largest absolute Gasteiger partial charge is 0.379 e. The van der Waals surface area contributed by atoms with E-state index in [-0.39, 0.29) is 28.8 Å². The first-order valence-electron chi connectivity index (χ1n) is 15.8. The van der Waals surface area contributed by atoms with Crippen molar-refractivity contribution in [3.8, 4) is 22.5 Å². The summed E-state index contributed by atoms with van der Waals surface area (Å²) in [7, 11) is 0. The molecule has 0 bridgehead atoms. The molecular weight excluding hydrogens is 556 g/mol. The van der Waals surface area contributed by atoms with Crippen molar-refractivity contribution in [1.29, 1.82) is 0 Å². The quantitative estimate of drug-likeness (QED) is 0.139. The summed E-state index contributed by atoms with van der Waals surface area (Å²) in [6.07, 6.45) is 3.76. The molecule has 5 aromatic rings. The summed E-state index contributed by atoms with van der Waals surface area (Å²) in [5.41, 5.74) is 4.31. The number of allylic oxidation sites excluding steroid dienone is 1. The molecule has 236 valence electrons. The van der Waals surface area contributed by atoms with Crippen LogP contribution in [0.5, 0.6) is 0 Å². The minimum Gasteiger partial charge on any atom is -0.379 e. The van der Waals surface area contributed by atoms with Crippen LogP contribution in [0.1, 0.15) is 93.0 Å². The van der Waals surface area contributed by atoms with E-state index in [2.05, 4.69) is 129 Å². The summed E-state index contributed by atoms with van der Waals surface area (Å²) in [5, 5.41) is 11.4. The molecule has 0 aliphatic carbocycles. The molecule has 0 saturated heterocycles. The lowest BCUT2D eigenvalue weighted by molar-refractivity contribution is -0.130. The molecule has 0 aliphatic rings. The van der Waals surface area contributed by atoms with Gasteiger partial charge in [0.2, 0.25) is 5.91 Å². The second kappa shape index (κ2) is 11.5. The predicted octanol–water partition coefficient (Wildman–Crippen LogP) is 9.23. The van der Waals surface area contributed by atoms with Gasteiger partial charge < -0.3 is 20.6 Å². The maximum absolute atomic E-state index is 12.9. The number of amides is 1. The highest BCUT2D eigenvalue weighted by Crippen LogP contribution is 2.35. The maximum Gasteiger partial charge on any atom is 0.225 e. The topological polar surface area (TPSA) is 98.5 Å². The van der Waals surface area contributed by atoms with Gasteiger partial charge in [0.25, 0.3) is 0 Å². The normalized spacial score (nSPS) is 14.0. The van der Waals surface area contributed by atoms with Crippen LogP contribution in [0.25, 0.3) is 44.1 Å². The number of hydrogen-bond acceptors (Lipinski definition) is 4. The summed E-state index contributed by atoms with van der Waals surface area (Å²) < 4.78 is 0. The van der Waals surface area contributed by atoms with Crippen molar-refractivity contribution >= 4 is 27.5 Å². The van der Waals surface area contributed by atoms with Crippen LogP contribution >= 0.6 is 0 Å². The summed E-state index contributed by atoms with van der Waals surface area (Å²) in [6.45, 7) is 24.9. The van der Waals surface area contributed by atoms with Crippen molar-refractivity contribution in [1.82, 2.24) is 30.6 Å². The second-order valence-corrected chi connectivity index (χ2v) is 15.5. The molecule has 0 radical (unpaired) electrons. The predicted molar refractivity (Wildman–Crippen MR) is 187 cm³/mol. The zero-order valence-electron chi connectivity index (χ0n) is 28.4. The van der Waals surface area contributed by atoms with Crippen LogP contribution in [0.3, 0.4) is 0 Å². The van der Waals surface area contributed by atoms with Crippen LogP contribution in [0.2, 0.25) is 0 Å². The molecule has 2 aromatic heterocycles. The Balaban J connectivity index is 1.40. The molecule has 1 amide bonds. The third-order valence-corrected chi connectivity index (χ3v) is 8.41. The van der Waals surface area contributed by atoms with Gasteiger partial charge >= 0.3 is 0 Å². The minimum atomic E-state index is -0.486. The van der Waals surface area contributed by atoms with Crippen LogP contribution < -0.4 is 10.6 Å². The van der Waals surface area contributed by atoms with Gasteiger partial charge in [-0.25, -0.2) is 9.97 Å². The van der Waals surface area contributed by atoms with Crippen molar-refractivity contribution < 1.29 is 4.79 Å². The molecular formula is C38H48N6O. The molecule has 2 atom stereocenters. The standard InChI is InChI=1S/C38H48N6O/c1-22(41-23(2)36(3,4)5)33-39-20-30(42-33)26-14-12-24-17-29-19-27(15-13-25(29)16-28(24)18-26)31-21-40-34(43-31)32(37(6,7)8)44-35(45)38(9,10)11/h12-22,32,41H,2H2,1,3-11H3,(H,39,42)(H,40,43)(H,44,45)/t22-,32+/m0/s1. The highest BCUT2D eigenvalue weighted by Gasteiger charge is 2.33. The number of nitrogens with one attached hydrogen (secondary N) is 4. The Hall–Kier alpha value is -4.39. The Morgan fingerprint density at radius 2 is 1.18 bits per heavy atom. The van der Waals surface area contributed by atoms with Gasteiger partial charge in [0.1, 0.15) is 11.6 Å². The molecule has 2 heterocycles. The number of imidazole rings is 2. The lowest BCUT2D eigenvalue weighted by atomic mass is 9.85. The summed E-state index contributed by atoms with van der Waals surface area (Å²) >= 11 is 0. The zero-order valence-corrected chi connectivity index (χ0v) is 28.4. The van der Waals surface area contributed by atoms with E-state index in [0.29, 0.717) is 0 Å². The SMILES string of the molecule is C=C(N[C@@H](C)c1ncc(-c2ccc3cc4cc(-c5cnc([C@@H](NC(=O)C(C)(C)C)C(C)(C)C)[nH]5)ccc4cc3c2)[nH]1)C(C)(C)C. The fraction of sp³-hybridized carbons (Fsp3) is 0.395. The molecule has 3 aromatic carbocycles. The molecule has 4 N–H and O–H groups in total. The molecule has 7 nitrogen and oxygen atoms in total. The number of H-pyrrole nitrogens is 2. The monoisotopic (exact) mass is 604 g/mol. The van der Waals surface area contributed by atoms with Gasteiger partial charge in [0.05, 0.1) is 35.9 Å². The Bertz CT molecular complexity index is 1870. The van der Waals surface area contributed by atoms with Crippen molar-refractivity contribution in [3.63, 3.8) is 0 Å². The van der Waals surface area contributed by atoms with E-state index in [4.69, 9.17) is 4.98 Å². The van der Waals surface area contributed by atoms with Crippen LogP contribution in [-0.2, 0) is 4.79 Å². The lowest BCUT2D eigenvalue weighted by Gasteiger charge is -2.32. The number of nitrogens with zero attached hydrogens (tertiary/aromatic N) is 2. The third-order valence-electron chi connectivity index (χ3n) is 8.41. The molecule has 0 unspecified atom stereocenters. The number of benzene rings is 3. The number of fused-ring (bicyclic) bond motifs is 2. The van der Waals surface area contributed by atoms with E-state index in [1.54, 1.807) is 0 Å². The van der Waals surface area contributed by atoms with Crippen molar-refractivity contribution in [3.05, 3.63) is 84.8 Å². The third kappa shape index (κ3) is 6.98. The minimum absolute atomic E-state index is 0.00281. The van der Waals surface area contributed by atoms with Gasteiger partial charge in [0, 0.05) is 27.7 Å². The van der Waals surface area contributed by atoms with Crippen LogP contribution in [0.15, 0.2) is 73.2 Å². The van der Waals surface area contributed by atoms with Gasteiger partial charge in [-0.3, -0.25) is 4.79 Å². The first-order chi connectivity index (χ1) is 20.9. The maximum atomic E-state index is 12.9. The molecule has 0 aliphatic heterocycles. The van der Waals surface area contributed by atoms with Crippen LogP contribution in [-0.4, -0.2) is 25.8 Å². The fourth-order valence-corrected chi connectivity index (χ4v) is 5.25. The molecule has 0 fully saturated rings. The highest BCUT2D eigenvalue weighted by atomic mass is 16.2. The number of carbonyl (C=O) groups excluding carboxylic acids is 1. The Morgan fingerprint density at radius 1 is 0.689 bits per heavy atom. The number of hydrogen-bond donors (Lipinski definition) is 4. The average molecular weight is 605 g/mol.